The van der Waals surface area contributed by atoms with Gasteiger partial charge in [-0.3, -0.25) is 0 Å². The van der Waals surface area contributed by atoms with Crippen LogP contribution in [-0.2, 0) is 10.8 Å². The van der Waals surface area contributed by atoms with Crippen LogP contribution in [0.2, 0.25) is 0 Å². The SMILES string of the molecule is CC(C)(c1ccc(C(C)(C)c2ccc3ccccc3c2O)cc1)c1ccc2ccccc2c1O. The van der Waals surface area contributed by atoms with Gasteiger partial charge in [-0.15, -0.1) is 0 Å². The van der Waals surface area contributed by atoms with E-state index in [2.05, 4.69) is 64.1 Å². The van der Waals surface area contributed by atoms with E-state index < -0.39 is 0 Å². The Morgan fingerprint density at radius 1 is 0.441 bits per heavy atom. The number of phenolic OH excluding ortho intramolecular Hbond substituents is 2. The van der Waals surface area contributed by atoms with Crippen molar-refractivity contribution in [3.05, 3.63) is 119 Å². The van der Waals surface area contributed by atoms with Crippen LogP contribution in [0.5, 0.6) is 11.5 Å². The Labute approximate surface area is 201 Å². The number of aromatic hydroxyl groups is 2. The highest BCUT2D eigenvalue weighted by Crippen LogP contribution is 2.43. The third kappa shape index (κ3) is 3.42. The van der Waals surface area contributed by atoms with Gasteiger partial charge in [-0.25, -0.2) is 0 Å². The molecule has 5 rings (SSSR count). The molecule has 0 radical (unpaired) electrons. The molecule has 5 aromatic carbocycles. The van der Waals surface area contributed by atoms with Crippen LogP contribution in [0.3, 0.4) is 0 Å². The van der Waals surface area contributed by atoms with Crippen molar-refractivity contribution in [2.75, 3.05) is 0 Å². The summed E-state index contributed by atoms with van der Waals surface area (Å²) in [6.07, 6.45) is 0. The van der Waals surface area contributed by atoms with Gasteiger partial charge in [0.05, 0.1) is 0 Å². The highest BCUT2D eigenvalue weighted by Gasteiger charge is 2.30. The number of fused-ring (bicyclic) bond motifs is 2. The topological polar surface area (TPSA) is 40.5 Å². The number of phenols is 2. The summed E-state index contributed by atoms with van der Waals surface area (Å²) in [5.74, 6) is 0.683. The molecule has 0 atom stereocenters. The van der Waals surface area contributed by atoms with E-state index in [0.717, 1.165) is 43.8 Å². The standard InChI is InChI=1S/C32H30O2/c1-31(2,27-19-13-21-9-5-7-11-25(21)29(27)33)23-15-17-24(18-16-23)32(3,4)28-20-14-22-10-6-8-12-26(22)30(28)34/h5-20,33-34H,1-4H3. The molecule has 0 aromatic heterocycles. The monoisotopic (exact) mass is 446 g/mol. The molecule has 0 unspecified atom stereocenters. The van der Waals surface area contributed by atoms with E-state index in [-0.39, 0.29) is 10.8 Å². The summed E-state index contributed by atoms with van der Waals surface area (Å²) >= 11 is 0. The Kier molecular flexibility index (Phi) is 5.13. The lowest BCUT2D eigenvalue weighted by atomic mass is 9.73. The maximum atomic E-state index is 11.1. The van der Waals surface area contributed by atoms with Crippen molar-refractivity contribution >= 4 is 21.5 Å². The Bertz CT molecular complexity index is 1390. The minimum absolute atomic E-state index is 0.341. The molecule has 34 heavy (non-hydrogen) atoms. The van der Waals surface area contributed by atoms with E-state index in [1.165, 1.54) is 0 Å². The maximum absolute atomic E-state index is 11.1. The first-order valence-electron chi connectivity index (χ1n) is 11.7. The molecule has 0 saturated carbocycles. The molecule has 0 fully saturated rings. The quantitative estimate of drug-likeness (QED) is 0.293. The normalized spacial score (nSPS) is 12.4. The molecule has 0 aliphatic rings. The molecule has 0 bridgehead atoms. The Hall–Kier alpha value is -3.78. The minimum Gasteiger partial charge on any atom is -0.507 e. The maximum Gasteiger partial charge on any atom is 0.127 e. The van der Waals surface area contributed by atoms with Gasteiger partial charge < -0.3 is 10.2 Å². The zero-order valence-electron chi connectivity index (χ0n) is 20.1. The summed E-state index contributed by atoms with van der Waals surface area (Å²) in [7, 11) is 0. The van der Waals surface area contributed by atoms with Crippen LogP contribution in [0.15, 0.2) is 97.1 Å². The average molecular weight is 447 g/mol. The van der Waals surface area contributed by atoms with Gasteiger partial charge in [-0.1, -0.05) is 125 Å². The van der Waals surface area contributed by atoms with Crippen molar-refractivity contribution in [1.29, 1.82) is 0 Å². The van der Waals surface area contributed by atoms with Crippen molar-refractivity contribution < 1.29 is 10.2 Å². The lowest BCUT2D eigenvalue weighted by molar-refractivity contribution is 0.457. The van der Waals surface area contributed by atoms with Crippen molar-refractivity contribution in [1.82, 2.24) is 0 Å². The van der Waals surface area contributed by atoms with Gasteiger partial charge >= 0.3 is 0 Å². The predicted octanol–water partition coefficient (Wildman–Crippen LogP) is 8.06. The lowest BCUT2D eigenvalue weighted by Crippen LogP contribution is -2.22. The molecule has 0 aliphatic carbocycles. The Morgan fingerprint density at radius 2 is 0.794 bits per heavy atom. The van der Waals surface area contributed by atoms with Crippen LogP contribution >= 0.6 is 0 Å². The zero-order chi connectivity index (χ0) is 24.1. The van der Waals surface area contributed by atoms with Gasteiger partial charge in [0.1, 0.15) is 11.5 Å². The van der Waals surface area contributed by atoms with Crippen LogP contribution < -0.4 is 0 Å². The van der Waals surface area contributed by atoms with Crippen LogP contribution in [0.25, 0.3) is 21.5 Å². The smallest absolute Gasteiger partial charge is 0.127 e. The zero-order valence-corrected chi connectivity index (χ0v) is 20.1. The summed E-state index contributed by atoms with van der Waals surface area (Å²) < 4.78 is 0. The molecule has 0 saturated heterocycles. The second-order valence-electron chi connectivity index (χ2n) is 10.2. The summed E-state index contributed by atoms with van der Waals surface area (Å²) in [5.41, 5.74) is 3.32. The molecule has 2 heteroatoms. The van der Waals surface area contributed by atoms with Crippen LogP contribution in [-0.4, -0.2) is 10.2 Å². The molecule has 170 valence electrons. The Morgan fingerprint density at radius 3 is 1.18 bits per heavy atom. The van der Waals surface area contributed by atoms with Gasteiger partial charge in [0.25, 0.3) is 0 Å². The third-order valence-electron chi connectivity index (χ3n) is 7.48. The molecule has 5 aromatic rings. The van der Waals surface area contributed by atoms with Gasteiger partial charge in [0.2, 0.25) is 0 Å². The van der Waals surface area contributed by atoms with E-state index in [9.17, 15) is 10.2 Å². The molecule has 0 aliphatic heterocycles. The van der Waals surface area contributed by atoms with Gasteiger partial charge in [0.15, 0.2) is 0 Å². The summed E-state index contributed by atoms with van der Waals surface area (Å²) in [6, 6.07) is 32.6. The minimum atomic E-state index is -0.373. The fourth-order valence-electron chi connectivity index (χ4n) is 5.13. The molecule has 0 spiro atoms. The highest BCUT2D eigenvalue weighted by molar-refractivity contribution is 5.90. The largest absolute Gasteiger partial charge is 0.507 e. The van der Waals surface area contributed by atoms with Crippen molar-refractivity contribution in [3.8, 4) is 11.5 Å². The highest BCUT2D eigenvalue weighted by atomic mass is 16.3. The first-order valence-corrected chi connectivity index (χ1v) is 11.7. The second-order valence-corrected chi connectivity index (χ2v) is 10.2. The van der Waals surface area contributed by atoms with Crippen LogP contribution in [0.1, 0.15) is 49.9 Å². The molecule has 0 heterocycles. The lowest BCUT2D eigenvalue weighted by Gasteiger charge is -2.30. The van der Waals surface area contributed by atoms with E-state index in [4.69, 9.17) is 0 Å². The van der Waals surface area contributed by atoms with Gasteiger partial charge in [-0.05, 0) is 21.9 Å². The molecule has 0 amide bonds. The van der Waals surface area contributed by atoms with Gasteiger partial charge in [-0.2, -0.15) is 0 Å². The van der Waals surface area contributed by atoms with Crippen LogP contribution in [0.4, 0.5) is 0 Å². The van der Waals surface area contributed by atoms with E-state index in [1.807, 2.05) is 60.7 Å². The first kappa shape index (κ1) is 22.0. The fourth-order valence-corrected chi connectivity index (χ4v) is 5.13. The van der Waals surface area contributed by atoms with Crippen molar-refractivity contribution in [3.63, 3.8) is 0 Å². The van der Waals surface area contributed by atoms with E-state index in [1.54, 1.807) is 0 Å². The first-order chi connectivity index (χ1) is 16.2. The predicted molar refractivity (Wildman–Crippen MR) is 142 cm³/mol. The number of hydrogen-bond acceptors (Lipinski definition) is 2. The molecule has 2 nitrogen and oxygen atoms in total. The van der Waals surface area contributed by atoms with E-state index >= 15 is 0 Å². The van der Waals surface area contributed by atoms with Crippen LogP contribution in [0, 0.1) is 0 Å². The van der Waals surface area contributed by atoms with Gasteiger partial charge in [0, 0.05) is 32.7 Å². The number of rotatable bonds is 4. The second kappa shape index (κ2) is 7.92. The molecule has 2 N–H and O–H groups in total. The third-order valence-corrected chi connectivity index (χ3v) is 7.48. The number of hydrogen-bond donors (Lipinski definition) is 2. The van der Waals surface area contributed by atoms with E-state index in [0.29, 0.717) is 11.5 Å². The summed E-state index contributed by atoms with van der Waals surface area (Å²) in [4.78, 5) is 0. The Balaban J connectivity index is 1.53. The summed E-state index contributed by atoms with van der Waals surface area (Å²) in [5, 5.41) is 26.0. The molecular weight excluding hydrogens is 416 g/mol. The fraction of sp³-hybridized carbons (Fsp3) is 0.188. The average Bonchev–Trinajstić information content (AvgIpc) is 2.84. The van der Waals surface area contributed by atoms with Crippen molar-refractivity contribution in [2.45, 2.75) is 38.5 Å². The summed E-state index contributed by atoms with van der Waals surface area (Å²) in [6.45, 7) is 8.58. The van der Waals surface area contributed by atoms with Crippen molar-refractivity contribution in [2.24, 2.45) is 0 Å². The molecular formula is C32H30O2. The number of benzene rings is 5.